The Labute approximate surface area is 118 Å². The van der Waals surface area contributed by atoms with Gasteiger partial charge < -0.3 is 10.2 Å². The second-order valence-electron chi connectivity index (χ2n) is 6.21. The smallest absolute Gasteiger partial charge is 0.0965 e. The molecule has 2 rings (SSSR count). The highest BCUT2D eigenvalue weighted by atomic mass is 15.2. The first kappa shape index (κ1) is 14.8. The maximum Gasteiger partial charge on any atom is 0.0965 e. The van der Waals surface area contributed by atoms with Crippen LogP contribution in [-0.4, -0.2) is 36.6 Å². The van der Waals surface area contributed by atoms with Crippen LogP contribution in [0.4, 0.5) is 0 Å². The summed E-state index contributed by atoms with van der Waals surface area (Å²) < 4.78 is 0. The molecule has 0 aromatic carbocycles. The SMILES string of the molecule is CCCNC(C#N)CCN1CCCC2CCCCC21. The number of likely N-dealkylation sites (tertiary alicyclic amines) is 1. The van der Waals surface area contributed by atoms with Gasteiger partial charge in [-0.1, -0.05) is 19.8 Å². The van der Waals surface area contributed by atoms with Gasteiger partial charge in [0.25, 0.3) is 0 Å². The number of piperidine rings is 1. The molecule has 1 N–H and O–H groups in total. The number of hydrogen-bond donors (Lipinski definition) is 1. The van der Waals surface area contributed by atoms with Gasteiger partial charge in [-0.2, -0.15) is 5.26 Å². The van der Waals surface area contributed by atoms with Crippen molar-refractivity contribution in [1.82, 2.24) is 10.2 Å². The summed E-state index contributed by atoms with van der Waals surface area (Å²) in [6, 6.07) is 3.28. The summed E-state index contributed by atoms with van der Waals surface area (Å²) in [6.07, 6.45) is 10.6. The molecule has 1 heterocycles. The largest absolute Gasteiger partial charge is 0.302 e. The minimum Gasteiger partial charge on any atom is -0.302 e. The Morgan fingerprint density at radius 3 is 2.84 bits per heavy atom. The molecule has 108 valence electrons. The molecule has 19 heavy (non-hydrogen) atoms. The van der Waals surface area contributed by atoms with Crippen LogP contribution in [0.15, 0.2) is 0 Å². The van der Waals surface area contributed by atoms with Gasteiger partial charge in [-0.25, -0.2) is 0 Å². The third-order valence-electron chi connectivity index (χ3n) is 4.86. The molecule has 1 saturated heterocycles. The van der Waals surface area contributed by atoms with Crippen LogP contribution in [0.3, 0.4) is 0 Å². The summed E-state index contributed by atoms with van der Waals surface area (Å²) >= 11 is 0. The fraction of sp³-hybridized carbons (Fsp3) is 0.938. The number of rotatable bonds is 6. The summed E-state index contributed by atoms with van der Waals surface area (Å²) in [7, 11) is 0. The van der Waals surface area contributed by atoms with Crippen LogP contribution in [0.25, 0.3) is 0 Å². The summed E-state index contributed by atoms with van der Waals surface area (Å²) in [5, 5.41) is 12.5. The molecule has 1 aliphatic heterocycles. The third-order valence-corrected chi connectivity index (χ3v) is 4.86. The van der Waals surface area contributed by atoms with E-state index < -0.39 is 0 Å². The average molecular weight is 263 g/mol. The van der Waals surface area contributed by atoms with E-state index in [1.54, 1.807) is 0 Å². The topological polar surface area (TPSA) is 39.1 Å². The number of fused-ring (bicyclic) bond motifs is 1. The Kier molecular flexibility index (Phi) is 6.13. The molecule has 0 spiro atoms. The van der Waals surface area contributed by atoms with Gasteiger partial charge in [0.2, 0.25) is 0 Å². The second-order valence-corrected chi connectivity index (χ2v) is 6.21. The summed E-state index contributed by atoms with van der Waals surface area (Å²) in [6.45, 7) is 5.48. The lowest BCUT2D eigenvalue weighted by Gasteiger charge is -2.44. The minimum absolute atomic E-state index is 0.0453. The van der Waals surface area contributed by atoms with E-state index in [-0.39, 0.29) is 6.04 Å². The first-order valence-corrected chi connectivity index (χ1v) is 8.22. The van der Waals surface area contributed by atoms with Gasteiger partial charge in [0.05, 0.1) is 12.1 Å². The Bertz CT molecular complexity index is 295. The van der Waals surface area contributed by atoms with Crippen LogP contribution in [-0.2, 0) is 0 Å². The molecule has 0 bridgehead atoms. The Morgan fingerprint density at radius 1 is 1.26 bits per heavy atom. The monoisotopic (exact) mass is 263 g/mol. The zero-order valence-corrected chi connectivity index (χ0v) is 12.4. The van der Waals surface area contributed by atoms with Crippen LogP contribution in [0, 0.1) is 17.2 Å². The molecule has 2 aliphatic rings. The van der Waals surface area contributed by atoms with Gasteiger partial charge in [0.1, 0.15) is 0 Å². The molecule has 3 atom stereocenters. The van der Waals surface area contributed by atoms with E-state index in [1.165, 1.54) is 45.1 Å². The van der Waals surface area contributed by atoms with Crippen molar-refractivity contribution in [2.24, 2.45) is 5.92 Å². The van der Waals surface area contributed by atoms with Crippen LogP contribution in [0.2, 0.25) is 0 Å². The summed E-state index contributed by atoms with van der Waals surface area (Å²) in [5.74, 6) is 0.951. The molecular formula is C16H29N3. The number of nitrogens with zero attached hydrogens (tertiary/aromatic N) is 2. The molecular weight excluding hydrogens is 234 g/mol. The highest BCUT2D eigenvalue weighted by molar-refractivity contribution is 4.92. The molecule has 3 unspecified atom stereocenters. The minimum atomic E-state index is 0.0453. The lowest BCUT2D eigenvalue weighted by atomic mass is 9.78. The molecule has 3 heteroatoms. The molecule has 0 aromatic rings. The van der Waals surface area contributed by atoms with Crippen molar-refractivity contribution in [3.63, 3.8) is 0 Å². The van der Waals surface area contributed by atoms with Gasteiger partial charge in [-0.05, 0) is 57.5 Å². The average Bonchev–Trinajstić information content (AvgIpc) is 2.47. The fourth-order valence-corrected chi connectivity index (χ4v) is 3.83. The quantitative estimate of drug-likeness (QED) is 0.801. The Balaban J connectivity index is 1.78. The standard InChI is InChI=1S/C16H29N3/c1-2-10-18-15(13-17)9-12-19-11-5-7-14-6-3-4-8-16(14)19/h14-16,18H,2-12H2,1H3. The van der Waals surface area contributed by atoms with Gasteiger partial charge >= 0.3 is 0 Å². The van der Waals surface area contributed by atoms with E-state index in [0.29, 0.717) is 0 Å². The fourth-order valence-electron chi connectivity index (χ4n) is 3.83. The lowest BCUT2D eigenvalue weighted by Crippen LogP contribution is -2.48. The normalized spacial score (nSPS) is 29.5. The van der Waals surface area contributed by atoms with Crippen molar-refractivity contribution >= 4 is 0 Å². The molecule has 0 radical (unpaired) electrons. The number of nitriles is 1. The first-order valence-electron chi connectivity index (χ1n) is 8.22. The molecule has 3 nitrogen and oxygen atoms in total. The zero-order chi connectivity index (χ0) is 13.5. The van der Waals surface area contributed by atoms with E-state index in [1.807, 2.05) is 0 Å². The van der Waals surface area contributed by atoms with E-state index in [9.17, 15) is 5.26 Å². The van der Waals surface area contributed by atoms with Gasteiger partial charge in [0.15, 0.2) is 0 Å². The van der Waals surface area contributed by atoms with Crippen LogP contribution in [0.1, 0.15) is 58.3 Å². The van der Waals surface area contributed by atoms with Crippen molar-refractivity contribution in [3.05, 3.63) is 0 Å². The molecule has 1 aliphatic carbocycles. The molecule has 0 amide bonds. The predicted octanol–water partition coefficient (Wildman–Crippen LogP) is 2.92. The van der Waals surface area contributed by atoms with Crippen molar-refractivity contribution in [2.45, 2.75) is 70.4 Å². The number of hydrogen-bond acceptors (Lipinski definition) is 3. The maximum atomic E-state index is 9.18. The predicted molar refractivity (Wildman–Crippen MR) is 78.9 cm³/mol. The summed E-state index contributed by atoms with van der Waals surface area (Å²) in [4.78, 5) is 2.69. The highest BCUT2D eigenvalue weighted by Gasteiger charge is 2.32. The van der Waals surface area contributed by atoms with Crippen LogP contribution < -0.4 is 5.32 Å². The molecule has 2 fully saturated rings. The zero-order valence-electron chi connectivity index (χ0n) is 12.4. The van der Waals surface area contributed by atoms with Crippen molar-refractivity contribution < 1.29 is 0 Å². The van der Waals surface area contributed by atoms with Crippen molar-refractivity contribution in [1.29, 1.82) is 5.26 Å². The second kappa shape index (κ2) is 7.87. The highest BCUT2D eigenvalue weighted by Crippen LogP contribution is 2.35. The lowest BCUT2D eigenvalue weighted by molar-refractivity contribution is 0.0589. The van der Waals surface area contributed by atoms with Gasteiger partial charge in [-0.3, -0.25) is 0 Å². The van der Waals surface area contributed by atoms with Crippen LogP contribution >= 0.6 is 0 Å². The van der Waals surface area contributed by atoms with E-state index in [4.69, 9.17) is 0 Å². The molecule has 1 saturated carbocycles. The maximum absolute atomic E-state index is 9.18. The molecule has 0 aromatic heterocycles. The van der Waals surface area contributed by atoms with Crippen LogP contribution in [0.5, 0.6) is 0 Å². The Hall–Kier alpha value is -0.590. The first-order chi connectivity index (χ1) is 9.35. The van der Waals surface area contributed by atoms with Gasteiger partial charge in [0, 0.05) is 12.6 Å². The summed E-state index contributed by atoms with van der Waals surface area (Å²) in [5.41, 5.74) is 0. The van der Waals surface area contributed by atoms with Crippen molar-refractivity contribution in [3.8, 4) is 6.07 Å². The third kappa shape index (κ3) is 4.19. The van der Waals surface area contributed by atoms with E-state index >= 15 is 0 Å². The van der Waals surface area contributed by atoms with E-state index in [2.05, 4.69) is 23.2 Å². The Morgan fingerprint density at radius 2 is 2.05 bits per heavy atom. The van der Waals surface area contributed by atoms with Gasteiger partial charge in [-0.15, -0.1) is 0 Å². The van der Waals surface area contributed by atoms with E-state index in [0.717, 1.165) is 37.9 Å². The van der Waals surface area contributed by atoms with Crippen molar-refractivity contribution in [2.75, 3.05) is 19.6 Å². The number of nitrogens with one attached hydrogen (secondary N) is 1.